The van der Waals surface area contributed by atoms with E-state index in [-0.39, 0.29) is 24.0 Å². The zero-order chi connectivity index (χ0) is 13.7. The fourth-order valence-electron chi connectivity index (χ4n) is 2.19. The van der Waals surface area contributed by atoms with E-state index in [1.54, 1.807) is 12.3 Å². The zero-order valence-corrected chi connectivity index (χ0v) is 14.8. The van der Waals surface area contributed by atoms with Gasteiger partial charge in [-0.2, -0.15) is 0 Å². The molecule has 1 aromatic heterocycles. The van der Waals surface area contributed by atoms with Crippen LogP contribution in [0.5, 0.6) is 0 Å². The van der Waals surface area contributed by atoms with Crippen molar-refractivity contribution in [1.82, 2.24) is 9.88 Å². The maximum absolute atomic E-state index is 6.02. The number of aliphatic imine (C=N–C) groups is 1. The molecule has 0 spiro atoms. The smallest absolute Gasteiger partial charge is 0.191 e. The first-order chi connectivity index (χ1) is 9.15. The minimum Gasteiger partial charge on any atom is -0.370 e. The van der Waals surface area contributed by atoms with Crippen LogP contribution in [0, 0.1) is 5.92 Å². The summed E-state index contributed by atoms with van der Waals surface area (Å²) in [5.41, 5.74) is 7.15. The summed E-state index contributed by atoms with van der Waals surface area (Å²) in [6.45, 7) is 5.04. The average Bonchev–Trinajstić information content (AvgIpc) is 2.41. The fraction of sp³-hybridized carbons (Fsp3) is 0.571. The van der Waals surface area contributed by atoms with Crippen LogP contribution in [0.4, 0.5) is 0 Å². The summed E-state index contributed by atoms with van der Waals surface area (Å²) in [7, 11) is 0. The maximum atomic E-state index is 6.02. The molecule has 0 aliphatic carbocycles. The highest BCUT2D eigenvalue weighted by Crippen LogP contribution is 2.15. The molecule has 0 unspecified atom stereocenters. The number of halogens is 2. The molecule has 112 valence electrons. The van der Waals surface area contributed by atoms with Crippen LogP contribution in [-0.4, -0.2) is 35.5 Å². The molecule has 0 radical (unpaired) electrons. The summed E-state index contributed by atoms with van der Waals surface area (Å²) in [6, 6.07) is 3.78. The van der Waals surface area contributed by atoms with Crippen LogP contribution in [0.1, 0.15) is 25.3 Å². The first-order valence-electron chi connectivity index (χ1n) is 6.80. The number of hydrogen-bond acceptors (Lipinski definition) is 2. The van der Waals surface area contributed by atoms with Gasteiger partial charge in [-0.05, 0) is 36.8 Å². The van der Waals surface area contributed by atoms with E-state index < -0.39 is 0 Å². The molecule has 1 aromatic rings. The van der Waals surface area contributed by atoms with Gasteiger partial charge < -0.3 is 10.6 Å². The van der Waals surface area contributed by atoms with Gasteiger partial charge in [0.15, 0.2) is 5.96 Å². The summed E-state index contributed by atoms with van der Waals surface area (Å²) >= 11 is 5.74. The van der Waals surface area contributed by atoms with Crippen LogP contribution < -0.4 is 5.73 Å². The van der Waals surface area contributed by atoms with Crippen molar-refractivity contribution in [3.63, 3.8) is 0 Å². The predicted molar refractivity (Wildman–Crippen MR) is 94.8 cm³/mol. The number of guanidine groups is 1. The lowest BCUT2D eigenvalue weighted by atomic mass is 10.00. The first-order valence-corrected chi connectivity index (χ1v) is 7.18. The molecule has 2 rings (SSSR count). The summed E-state index contributed by atoms with van der Waals surface area (Å²) < 4.78 is 0. The van der Waals surface area contributed by atoms with Gasteiger partial charge in [0.25, 0.3) is 0 Å². The molecule has 4 nitrogen and oxygen atoms in total. The standard InChI is InChI=1S/C14H21ClN4.HI/c1-11-5-8-19(9-6-11)14(16)17-7-4-12-2-3-13(15)18-10-12;/h2-3,10-11H,4-9H2,1H3,(H2,16,17);1H. The molecule has 0 aromatic carbocycles. The van der Waals surface area contributed by atoms with Crippen LogP contribution in [-0.2, 0) is 6.42 Å². The monoisotopic (exact) mass is 408 g/mol. The largest absolute Gasteiger partial charge is 0.370 e. The second-order valence-electron chi connectivity index (χ2n) is 5.15. The molecule has 0 bridgehead atoms. The molecule has 1 fully saturated rings. The number of likely N-dealkylation sites (tertiary alicyclic amines) is 1. The highest BCUT2D eigenvalue weighted by molar-refractivity contribution is 14.0. The van der Waals surface area contributed by atoms with E-state index in [2.05, 4.69) is 21.8 Å². The molecule has 1 aliphatic rings. The Morgan fingerprint density at radius 2 is 2.15 bits per heavy atom. The molecule has 0 amide bonds. The van der Waals surface area contributed by atoms with Crippen molar-refractivity contribution < 1.29 is 0 Å². The summed E-state index contributed by atoms with van der Waals surface area (Å²) in [5, 5.41) is 0.522. The maximum Gasteiger partial charge on any atom is 0.191 e. The second kappa shape index (κ2) is 8.67. The third-order valence-corrected chi connectivity index (χ3v) is 3.79. The van der Waals surface area contributed by atoms with E-state index >= 15 is 0 Å². The minimum absolute atomic E-state index is 0. The molecule has 2 heterocycles. The molecular weight excluding hydrogens is 387 g/mol. The van der Waals surface area contributed by atoms with Crippen LogP contribution in [0.3, 0.4) is 0 Å². The van der Waals surface area contributed by atoms with E-state index in [1.807, 2.05) is 6.07 Å². The Balaban J connectivity index is 0.00000200. The minimum atomic E-state index is 0. The topological polar surface area (TPSA) is 54.5 Å². The highest BCUT2D eigenvalue weighted by Gasteiger charge is 2.16. The Morgan fingerprint density at radius 1 is 1.45 bits per heavy atom. The number of nitrogens with zero attached hydrogens (tertiary/aromatic N) is 3. The Bertz CT molecular complexity index is 427. The van der Waals surface area contributed by atoms with Gasteiger partial charge in [-0.25, -0.2) is 4.98 Å². The van der Waals surface area contributed by atoms with Crippen molar-refractivity contribution in [2.75, 3.05) is 19.6 Å². The first kappa shape index (κ1) is 17.5. The quantitative estimate of drug-likeness (QED) is 0.362. The normalized spacial score (nSPS) is 16.9. The number of pyridine rings is 1. The Hall–Kier alpha value is -0.560. The highest BCUT2D eigenvalue weighted by atomic mass is 127. The number of rotatable bonds is 3. The summed E-state index contributed by atoms with van der Waals surface area (Å²) in [4.78, 5) is 10.7. The zero-order valence-electron chi connectivity index (χ0n) is 11.8. The fourth-order valence-corrected chi connectivity index (χ4v) is 2.30. The summed E-state index contributed by atoms with van der Waals surface area (Å²) in [5.74, 6) is 1.48. The van der Waals surface area contributed by atoms with Crippen molar-refractivity contribution in [2.45, 2.75) is 26.2 Å². The third-order valence-electron chi connectivity index (χ3n) is 3.57. The van der Waals surface area contributed by atoms with Gasteiger partial charge in [0, 0.05) is 25.8 Å². The van der Waals surface area contributed by atoms with E-state index in [0.717, 1.165) is 31.0 Å². The molecular formula is C14H22ClIN4. The molecule has 20 heavy (non-hydrogen) atoms. The van der Waals surface area contributed by atoms with Crippen LogP contribution in [0.15, 0.2) is 23.3 Å². The van der Waals surface area contributed by atoms with Gasteiger partial charge in [0.2, 0.25) is 0 Å². The van der Waals surface area contributed by atoms with E-state index in [9.17, 15) is 0 Å². The van der Waals surface area contributed by atoms with E-state index in [0.29, 0.717) is 17.7 Å². The van der Waals surface area contributed by atoms with Crippen molar-refractivity contribution in [1.29, 1.82) is 0 Å². The van der Waals surface area contributed by atoms with Crippen molar-refractivity contribution in [2.24, 2.45) is 16.6 Å². The number of nitrogens with two attached hydrogens (primary N) is 1. The number of hydrogen-bond donors (Lipinski definition) is 1. The molecule has 6 heteroatoms. The molecule has 1 saturated heterocycles. The Kier molecular flexibility index (Phi) is 7.58. The van der Waals surface area contributed by atoms with Crippen molar-refractivity contribution in [3.05, 3.63) is 29.0 Å². The van der Waals surface area contributed by atoms with Gasteiger partial charge in [0.05, 0.1) is 0 Å². The van der Waals surface area contributed by atoms with Gasteiger partial charge in [-0.15, -0.1) is 24.0 Å². The van der Waals surface area contributed by atoms with Crippen LogP contribution in [0.2, 0.25) is 5.15 Å². The average molecular weight is 409 g/mol. The molecule has 2 N–H and O–H groups in total. The lowest BCUT2D eigenvalue weighted by Gasteiger charge is -2.31. The summed E-state index contributed by atoms with van der Waals surface area (Å²) in [6.07, 6.45) is 5.04. The second-order valence-corrected chi connectivity index (χ2v) is 5.54. The molecule has 1 aliphatic heterocycles. The SMILES string of the molecule is CC1CCN(C(N)=NCCc2ccc(Cl)nc2)CC1.I. The van der Waals surface area contributed by atoms with Gasteiger partial charge in [-0.1, -0.05) is 24.6 Å². The van der Waals surface area contributed by atoms with Crippen molar-refractivity contribution in [3.8, 4) is 0 Å². The van der Waals surface area contributed by atoms with Gasteiger partial charge in [-0.3, -0.25) is 4.99 Å². The van der Waals surface area contributed by atoms with Gasteiger partial charge >= 0.3 is 0 Å². The Morgan fingerprint density at radius 3 is 2.75 bits per heavy atom. The lowest BCUT2D eigenvalue weighted by Crippen LogP contribution is -2.42. The van der Waals surface area contributed by atoms with Crippen molar-refractivity contribution >= 4 is 41.5 Å². The third kappa shape index (κ3) is 5.44. The number of piperidine rings is 1. The van der Waals surface area contributed by atoms with Crippen LogP contribution in [0.25, 0.3) is 0 Å². The van der Waals surface area contributed by atoms with E-state index in [4.69, 9.17) is 17.3 Å². The number of aromatic nitrogens is 1. The van der Waals surface area contributed by atoms with Gasteiger partial charge in [0.1, 0.15) is 5.15 Å². The Labute approximate surface area is 142 Å². The molecule has 0 atom stereocenters. The lowest BCUT2D eigenvalue weighted by molar-refractivity contribution is 0.277. The molecule has 0 saturated carbocycles. The van der Waals surface area contributed by atoms with Crippen LogP contribution >= 0.6 is 35.6 Å². The van der Waals surface area contributed by atoms with E-state index in [1.165, 1.54) is 12.8 Å². The predicted octanol–water partition coefficient (Wildman–Crippen LogP) is 2.94.